The molecule has 1 N–H and O–H groups in total. The molecule has 1 atom stereocenters. The molecule has 0 aliphatic carbocycles. The lowest BCUT2D eigenvalue weighted by Gasteiger charge is -2.22. The summed E-state index contributed by atoms with van der Waals surface area (Å²) in [5, 5.41) is 4.97. The Hall–Kier alpha value is -0.700. The fourth-order valence-corrected chi connectivity index (χ4v) is 3.32. The zero-order valence-electron chi connectivity index (χ0n) is 12.1. The number of benzene rings is 2. The minimum Gasteiger partial charge on any atom is -0.378 e. The summed E-state index contributed by atoms with van der Waals surface area (Å²) in [7, 11) is 0. The Balaban J connectivity index is 2.31. The van der Waals surface area contributed by atoms with E-state index in [-0.39, 0.29) is 6.04 Å². The Bertz CT molecular complexity index is 628. The van der Waals surface area contributed by atoms with Crippen LogP contribution in [0.25, 0.3) is 0 Å². The standard InChI is InChI=1S/C17H18BrCl2N/c1-3-11-9-12(18)5-8-17(11)21-16(4-2)14-7-6-13(19)10-15(14)20/h5-10,16,21H,3-4H2,1-2H3. The van der Waals surface area contributed by atoms with Crippen LogP contribution in [0, 0.1) is 0 Å². The molecule has 21 heavy (non-hydrogen) atoms. The Kier molecular flexibility index (Phi) is 5.98. The van der Waals surface area contributed by atoms with Gasteiger partial charge in [-0.2, -0.15) is 0 Å². The third kappa shape index (κ3) is 4.15. The van der Waals surface area contributed by atoms with Gasteiger partial charge in [0, 0.05) is 20.2 Å². The third-order valence-electron chi connectivity index (χ3n) is 3.52. The van der Waals surface area contributed by atoms with Crippen LogP contribution in [-0.4, -0.2) is 0 Å². The largest absolute Gasteiger partial charge is 0.378 e. The highest BCUT2D eigenvalue weighted by molar-refractivity contribution is 9.10. The van der Waals surface area contributed by atoms with Crippen LogP contribution >= 0.6 is 39.1 Å². The van der Waals surface area contributed by atoms with Crippen LogP contribution < -0.4 is 5.32 Å². The predicted molar refractivity (Wildman–Crippen MR) is 96.6 cm³/mol. The summed E-state index contributed by atoms with van der Waals surface area (Å²) in [5.74, 6) is 0. The van der Waals surface area contributed by atoms with E-state index in [9.17, 15) is 0 Å². The molecule has 4 heteroatoms. The van der Waals surface area contributed by atoms with Gasteiger partial charge in [-0.1, -0.05) is 59.0 Å². The SMILES string of the molecule is CCc1cc(Br)ccc1NC(CC)c1ccc(Cl)cc1Cl. The molecule has 0 bridgehead atoms. The van der Waals surface area contributed by atoms with E-state index in [0.29, 0.717) is 10.0 Å². The molecule has 0 spiro atoms. The van der Waals surface area contributed by atoms with Gasteiger partial charge in [-0.3, -0.25) is 0 Å². The van der Waals surface area contributed by atoms with Crippen molar-refractivity contribution in [2.24, 2.45) is 0 Å². The number of hydrogen-bond donors (Lipinski definition) is 1. The first-order valence-corrected chi connectivity index (χ1v) is 8.60. The maximum atomic E-state index is 6.34. The molecule has 0 fully saturated rings. The molecule has 1 unspecified atom stereocenters. The molecule has 0 radical (unpaired) electrons. The van der Waals surface area contributed by atoms with Crippen LogP contribution in [0.1, 0.15) is 37.4 Å². The Labute approximate surface area is 144 Å². The normalized spacial score (nSPS) is 12.2. The lowest BCUT2D eigenvalue weighted by Crippen LogP contribution is -2.11. The molecule has 0 amide bonds. The molecule has 2 rings (SSSR count). The van der Waals surface area contributed by atoms with E-state index in [4.69, 9.17) is 23.2 Å². The van der Waals surface area contributed by atoms with Crippen molar-refractivity contribution in [2.75, 3.05) is 5.32 Å². The number of halogens is 3. The minimum atomic E-state index is 0.168. The van der Waals surface area contributed by atoms with Crippen molar-refractivity contribution < 1.29 is 0 Å². The second-order valence-electron chi connectivity index (χ2n) is 4.93. The van der Waals surface area contributed by atoms with Crippen LogP contribution in [0.2, 0.25) is 10.0 Å². The van der Waals surface area contributed by atoms with Gasteiger partial charge >= 0.3 is 0 Å². The maximum absolute atomic E-state index is 6.34. The minimum absolute atomic E-state index is 0.168. The number of rotatable bonds is 5. The Morgan fingerprint density at radius 1 is 1.10 bits per heavy atom. The van der Waals surface area contributed by atoms with E-state index in [1.807, 2.05) is 12.1 Å². The first-order chi connectivity index (χ1) is 10.0. The summed E-state index contributed by atoms with van der Waals surface area (Å²) in [6.07, 6.45) is 1.92. The molecule has 0 saturated heterocycles. The van der Waals surface area contributed by atoms with Crippen molar-refractivity contribution in [3.8, 4) is 0 Å². The Morgan fingerprint density at radius 3 is 2.48 bits per heavy atom. The molecule has 2 aromatic rings. The zero-order chi connectivity index (χ0) is 15.4. The summed E-state index contributed by atoms with van der Waals surface area (Å²) in [5.41, 5.74) is 3.51. The lowest BCUT2D eigenvalue weighted by atomic mass is 10.0. The molecule has 0 heterocycles. The predicted octanol–water partition coefficient (Wildman–Crippen LogP) is 6.88. The van der Waals surface area contributed by atoms with E-state index in [1.54, 1.807) is 6.07 Å². The van der Waals surface area contributed by atoms with Crippen LogP contribution in [0.4, 0.5) is 5.69 Å². The van der Waals surface area contributed by atoms with Gasteiger partial charge in [0.25, 0.3) is 0 Å². The van der Waals surface area contributed by atoms with Crippen molar-refractivity contribution in [1.82, 2.24) is 0 Å². The first kappa shape index (κ1) is 16.7. The number of anilines is 1. The topological polar surface area (TPSA) is 12.0 Å². The zero-order valence-corrected chi connectivity index (χ0v) is 15.2. The van der Waals surface area contributed by atoms with E-state index < -0.39 is 0 Å². The quantitative estimate of drug-likeness (QED) is 0.590. The maximum Gasteiger partial charge on any atom is 0.0526 e. The van der Waals surface area contributed by atoms with Crippen LogP contribution in [0.3, 0.4) is 0 Å². The smallest absolute Gasteiger partial charge is 0.0526 e. The molecule has 0 aliphatic rings. The van der Waals surface area contributed by atoms with Gasteiger partial charge in [-0.25, -0.2) is 0 Å². The highest BCUT2D eigenvalue weighted by Crippen LogP contribution is 2.32. The van der Waals surface area contributed by atoms with Gasteiger partial charge in [0.1, 0.15) is 0 Å². The summed E-state index contributed by atoms with van der Waals surface area (Å²) in [6, 6.07) is 12.2. The van der Waals surface area contributed by atoms with Gasteiger partial charge in [0.05, 0.1) is 6.04 Å². The summed E-state index contributed by atoms with van der Waals surface area (Å²) < 4.78 is 1.10. The fraction of sp³-hybridized carbons (Fsp3) is 0.294. The van der Waals surface area contributed by atoms with Crippen LogP contribution in [0.5, 0.6) is 0 Å². The average molecular weight is 387 g/mol. The number of aryl methyl sites for hydroxylation is 1. The van der Waals surface area contributed by atoms with Gasteiger partial charge < -0.3 is 5.32 Å². The van der Waals surface area contributed by atoms with Gasteiger partial charge in [0.15, 0.2) is 0 Å². The number of nitrogens with one attached hydrogen (secondary N) is 1. The van der Waals surface area contributed by atoms with Gasteiger partial charge in [-0.05, 0) is 54.3 Å². The summed E-state index contributed by atoms with van der Waals surface area (Å²) >= 11 is 15.8. The van der Waals surface area contributed by atoms with E-state index in [1.165, 1.54) is 5.56 Å². The molecular weight excluding hydrogens is 369 g/mol. The second-order valence-corrected chi connectivity index (χ2v) is 6.69. The van der Waals surface area contributed by atoms with E-state index in [0.717, 1.165) is 28.6 Å². The first-order valence-electron chi connectivity index (χ1n) is 7.05. The van der Waals surface area contributed by atoms with Gasteiger partial charge in [-0.15, -0.1) is 0 Å². The second kappa shape index (κ2) is 7.53. The van der Waals surface area contributed by atoms with Gasteiger partial charge in [0.2, 0.25) is 0 Å². The molecule has 0 aromatic heterocycles. The molecule has 2 aromatic carbocycles. The molecule has 0 aliphatic heterocycles. The monoisotopic (exact) mass is 385 g/mol. The van der Waals surface area contributed by atoms with Crippen molar-refractivity contribution in [2.45, 2.75) is 32.7 Å². The van der Waals surface area contributed by atoms with E-state index >= 15 is 0 Å². The highest BCUT2D eigenvalue weighted by Gasteiger charge is 2.14. The van der Waals surface area contributed by atoms with Crippen molar-refractivity contribution >= 4 is 44.8 Å². The molecule has 1 nitrogen and oxygen atoms in total. The van der Waals surface area contributed by atoms with Crippen molar-refractivity contribution in [3.05, 3.63) is 62.0 Å². The van der Waals surface area contributed by atoms with E-state index in [2.05, 4.69) is 53.3 Å². The van der Waals surface area contributed by atoms with Crippen LogP contribution in [0.15, 0.2) is 40.9 Å². The Morgan fingerprint density at radius 2 is 1.86 bits per heavy atom. The summed E-state index contributed by atoms with van der Waals surface area (Å²) in [4.78, 5) is 0. The third-order valence-corrected chi connectivity index (χ3v) is 4.58. The van der Waals surface area contributed by atoms with Crippen LogP contribution in [-0.2, 0) is 6.42 Å². The van der Waals surface area contributed by atoms with Crippen molar-refractivity contribution in [1.29, 1.82) is 0 Å². The van der Waals surface area contributed by atoms with Crippen molar-refractivity contribution in [3.63, 3.8) is 0 Å². The highest BCUT2D eigenvalue weighted by atomic mass is 79.9. The fourth-order valence-electron chi connectivity index (χ4n) is 2.37. The summed E-state index contributed by atoms with van der Waals surface area (Å²) in [6.45, 7) is 4.30. The lowest BCUT2D eigenvalue weighted by molar-refractivity contribution is 0.747. The molecule has 0 saturated carbocycles. The number of hydrogen-bond acceptors (Lipinski definition) is 1. The molecule has 112 valence electrons. The molecular formula is C17H18BrCl2N. The average Bonchev–Trinajstić information content (AvgIpc) is 2.46.